The number of unbranched alkanes of at least 4 members (excludes halogenated alkanes) is 3. The number of aromatic nitrogens is 1. The van der Waals surface area contributed by atoms with Crippen LogP contribution in [-0.4, -0.2) is 4.98 Å². The molecule has 2 aromatic rings. The molecule has 2 rings (SSSR count). The Balaban J connectivity index is 1.86. The van der Waals surface area contributed by atoms with Crippen LogP contribution in [0.1, 0.15) is 67.4 Å². The van der Waals surface area contributed by atoms with Crippen LogP contribution in [0.2, 0.25) is 0 Å². The first-order chi connectivity index (χ1) is 10.2. The summed E-state index contributed by atoms with van der Waals surface area (Å²) < 4.78 is 0. The summed E-state index contributed by atoms with van der Waals surface area (Å²) in [4.78, 5) is 4.59. The minimum Gasteiger partial charge on any atom is -0.323 e. The summed E-state index contributed by atoms with van der Waals surface area (Å²) in [5.74, 6) is 0. The average molecular weight is 302 g/mol. The monoisotopic (exact) mass is 302 g/mol. The van der Waals surface area contributed by atoms with Gasteiger partial charge in [-0.3, -0.25) is 0 Å². The highest BCUT2D eigenvalue weighted by Gasteiger charge is 2.06. The van der Waals surface area contributed by atoms with Crippen molar-refractivity contribution in [1.29, 1.82) is 0 Å². The molecule has 1 aromatic heterocycles. The second-order valence-electron chi connectivity index (χ2n) is 5.76. The number of nitrogens with two attached hydrogens (primary N) is 1. The predicted molar refractivity (Wildman–Crippen MR) is 91.8 cm³/mol. The molecule has 0 aliphatic carbocycles. The Kier molecular flexibility index (Phi) is 6.40. The first-order valence-corrected chi connectivity index (χ1v) is 8.84. The van der Waals surface area contributed by atoms with E-state index in [4.69, 9.17) is 5.73 Å². The molecule has 114 valence electrons. The molecule has 1 unspecified atom stereocenters. The largest absolute Gasteiger partial charge is 0.323 e. The number of hydrogen-bond acceptors (Lipinski definition) is 3. The van der Waals surface area contributed by atoms with E-state index >= 15 is 0 Å². The maximum atomic E-state index is 5.85. The van der Waals surface area contributed by atoms with Crippen molar-refractivity contribution in [3.8, 4) is 0 Å². The smallest absolute Gasteiger partial charge is 0.0972 e. The number of hydrogen-bond donors (Lipinski definition) is 1. The van der Waals surface area contributed by atoms with Crippen LogP contribution in [-0.2, 0) is 12.8 Å². The molecule has 2 nitrogen and oxygen atoms in total. The van der Waals surface area contributed by atoms with Crippen molar-refractivity contribution in [2.45, 2.75) is 58.4 Å². The van der Waals surface area contributed by atoms with E-state index in [1.54, 1.807) is 11.3 Å². The van der Waals surface area contributed by atoms with Gasteiger partial charge in [-0.1, -0.05) is 50.5 Å². The molecule has 0 bridgehead atoms. The van der Waals surface area contributed by atoms with Crippen molar-refractivity contribution >= 4 is 11.3 Å². The van der Waals surface area contributed by atoms with Crippen LogP contribution in [0.25, 0.3) is 0 Å². The number of benzene rings is 1. The van der Waals surface area contributed by atoms with Crippen molar-refractivity contribution in [2.75, 3.05) is 0 Å². The Morgan fingerprint density at radius 1 is 1.10 bits per heavy atom. The Labute approximate surface area is 132 Å². The van der Waals surface area contributed by atoms with Crippen LogP contribution in [0.15, 0.2) is 29.6 Å². The molecule has 1 heterocycles. The molecule has 0 fully saturated rings. The van der Waals surface area contributed by atoms with E-state index in [1.165, 1.54) is 43.2 Å². The van der Waals surface area contributed by atoms with Gasteiger partial charge >= 0.3 is 0 Å². The zero-order chi connectivity index (χ0) is 15.1. The zero-order valence-corrected chi connectivity index (χ0v) is 14.0. The molecule has 0 aliphatic rings. The topological polar surface area (TPSA) is 38.9 Å². The van der Waals surface area contributed by atoms with Gasteiger partial charge in [0, 0.05) is 17.8 Å². The maximum Gasteiger partial charge on any atom is 0.0972 e. The van der Waals surface area contributed by atoms with Gasteiger partial charge in [0.2, 0.25) is 0 Å². The molecule has 0 aliphatic heterocycles. The molecule has 0 radical (unpaired) electrons. The summed E-state index contributed by atoms with van der Waals surface area (Å²) in [5, 5.41) is 3.22. The average Bonchev–Trinajstić information content (AvgIpc) is 2.94. The highest BCUT2D eigenvalue weighted by Crippen LogP contribution is 2.18. The minimum atomic E-state index is 0.0282. The molecule has 3 heteroatoms. The Morgan fingerprint density at radius 3 is 2.43 bits per heavy atom. The van der Waals surface area contributed by atoms with Gasteiger partial charge in [-0.2, -0.15) is 0 Å². The van der Waals surface area contributed by atoms with Crippen molar-refractivity contribution in [3.05, 3.63) is 51.5 Å². The molecule has 1 atom stereocenters. The Bertz CT molecular complexity index is 528. The standard InChI is InChI=1S/C18H26N2S/c1-3-4-5-6-7-15-8-10-16(11-9-15)12-18-20-17(13-21-18)14(2)19/h8-11,13-14H,3-7,12,19H2,1-2H3. The van der Waals surface area contributed by atoms with Crippen LogP contribution in [0.5, 0.6) is 0 Å². The summed E-state index contributed by atoms with van der Waals surface area (Å²) >= 11 is 1.71. The second kappa shape index (κ2) is 8.30. The fraction of sp³-hybridized carbons (Fsp3) is 0.500. The summed E-state index contributed by atoms with van der Waals surface area (Å²) in [5.41, 5.74) is 9.64. The van der Waals surface area contributed by atoms with E-state index in [1.807, 2.05) is 6.92 Å². The Hall–Kier alpha value is -1.19. The second-order valence-corrected chi connectivity index (χ2v) is 6.70. The molecule has 21 heavy (non-hydrogen) atoms. The molecule has 0 saturated carbocycles. The quantitative estimate of drug-likeness (QED) is 0.706. The third-order valence-corrected chi connectivity index (χ3v) is 4.60. The summed E-state index contributed by atoms with van der Waals surface area (Å²) in [6.45, 7) is 4.23. The molecule has 0 spiro atoms. The van der Waals surface area contributed by atoms with E-state index in [0.29, 0.717) is 0 Å². The number of aryl methyl sites for hydroxylation is 1. The van der Waals surface area contributed by atoms with Crippen LogP contribution in [0, 0.1) is 0 Å². The summed E-state index contributed by atoms with van der Waals surface area (Å²) in [6, 6.07) is 9.04. The van der Waals surface area contributed by atoms with Crippen LogP contribution in [0.3, 0.4) is 0 Å². The normalized spacial score (nSPS) is 12.5. The maximum absolute atomic E-state index is 5.85. The molecule has 1 aromatic carbocycles. The van der Waals surface area contributed by atoms with Gasteiger partial charge in [0.1, 0.15) is 0 Å². The van der Waals surface area contributed by atoms with Crippen molar-refractivity contribution in [3.63, 3.8) is 0 Å². The third-order valence-electron chi connectivity index (χ3n) is 3.73. The molecular formula is C18H26N2S. The lowest BCUT2D eigenvalue weighted by Crippen LogP contribution is -2.05. The highest BCUT2D eigenvalue weighted by atomic mass is 32.1. The van der Waals surface area contributed by atoms with Gasteiger partial charge in [0.15, 0.2) is 0 Å². The van der Waals surface area contributed by atoms with Crippen molar-refractivity contribution < 1.29 is 0 Å². The summed E-state index contributed by atoms with van der Waals surface area (Å²) in [6.07, 6.45) is 7.41. The first-order valence-electron chi connectivity index (χ1n) is 7.96. The number of thiazole rings is 1. The minimum absolute atomic E-state index is 0.0282. The van der Waals surface area contributed by atoms with Gasteiger partial charge in [-0.05, 0) is 30.9 Å². The van der Waals surface area contributed by atoms with Crippen LogP contribution < -0.4 is 5.73 Å². The third kappa shape index (κ3) is 5.25. The van der Waals surface area contributed by atoms with Gasteiger partial charge in [-0.25, -0.2) is 4.98 Å². The molecule has 0 amide bonds. The molecular weight excluding hydrogens is 276 g/mol. The lowest BCUT2D eigenvalue weighted by molar-refractivity contribution is 0.667. The SMILES string of the molecule is CCCCCCc1ccc(Cc2nc(C(C)N)cs2)cc1. The molecule has 2 N–H and O–H groups in total. The van der Waals surface area contributed by atoms with E-state index < -0.39 is 0 Å². The fourth-order valence-electron chi connectivity index (χ4n) is 2.37. The molecule has 0 saturated heterocycles. The number of rotatable bonds is 8. The zero-order valence-electron chi connectivity index (χ0n) is 13.1. The van der Waals surface area contributed by atoms with Gasteiger partial charge in [-0.15, -0.1) is 11.3 Å². The van der Waals surface area contributed by atoms with Gasteiger partial charge in [0.25, 0.3) is 0 Å². The Morgan fingerprint density at radius 2 is 1.81 bits per heavy atom. The van der Waals surface area contributed by atoms with E-state index in [0.717, 1.165) is 17.1 Å². The lowest BCUT2D eigenvalue weighted by atomic mass is 10.0. The fourth-order valence-corrected chi connectivity index (χ4v) is 3.30. The first kappa shape index (κ1) is 16.2. The number of nitrogens with zero attached hydrogens (tertiary/aromatic N) is 1. The van der Waals surface area contributed by atoms with E-state index in [9.17, 15) is 0 Å². The lowest BCUT2D eigenvalue weighted by Gasteiger charge is -2.03. The van der Waals surface area contributed by atoms with Gasteiger partial charge in [0.05, 0.1) is 10.7 Å². The van der Waals surface area contributed by atoms with E-state index in [2.05, 4.69) is 41.6 Å². The van der Waals surface area contributed by atoms with E-state index in [-0.39, 0.29) is 6.04 Å². The van der Waals surface area contributed by atoms with Gasteiger partial charge < -0.3 is 5.73 Å². The van der Waals surface area contributed by atoms with Crippen LogP contribution in [0.4, 0.5) is 0 Å². The van der Waals surface area contributed by atoms with Crippen molar-refractivity contribution in [1.82, 2.24) is 4.98 Å². The summed E-state index contributed by atoms with van der Waals surface area (Å²) in [7, 11) is 0. The van der Waals surface area contributed by atoms with Crippen molar-refractivity contribution in [2.24, 2.45) is 5.73 Å². The highest BCUT2D eigenvalue weighted by molar-refractivity contribution is 7.09. The predicted octanol–water partition coefficient (Wildman–Crippen LogP) is 4.88. The van der Waals surface area contributed by atoms with Crippen LogP contribution >= 0.6 is 11.3 Å².